The molecule has 1 aromatic carbocycles. The Labute approximate surface area is 86.2 Å². The first-order chi connectivity index (χ1) is 6.54. The summed E-state index contributed by atoms with van der Waals surface area (Å²) in [5, 5.41) is 8.88. The number of carbonyl (C=O) groups is 1. The third-order valence-electron chi connectivity index (χ3n) is 1.73. The van der Waals surface area contributed by atoms with Gasteiger partial charge in [-0.25, -0.2) is 0 Å². The zero-order valence-electron chi connectivity index (χ0n) is 7.58. The van der Waals surface area contributed by atoms with E-state index in [1.165, 1.54) is 13.2 Å². The predicted molar refractivity (Wildman–Crippen MR) is 53.8 cm³/mol. The first-order valence-electron chi connectivity index (χ1n) is 3.88. The molecule has 0 fully saturated rings. The van der Waals surface area contributed by atoms with Crippen molar-refractivity contribution in [3.8, 4) is 5.75 Å². The van der Waals surface area contributed by atoms with Crippen molar-refractivity contribution in [1.82, 2.24) is 0 Å². The lowest BCUT2D eigenvalue weighted by Crippen LogP contribution is -2.02. The maximum atomic E-state index is 10.4. The van der Waals surface area contributed by atoms with E-state index in [-0.39, 0.29) is 6.42 Å². The van der Waals surface area contributed by atoms with Crippen LogP contribution in [0.15, 0.2) is 12.1 Å². The number of nitrogens with two attached hydrogens (primary N) is 1. The Morgan fingerprint density at radius 2 is 2.29 bits per heavy atom. The van der Waals surface area contributed by atoms with Crippen LogP contribution in [0, 0.1) is 0 Å². The van der Waals surface area contributed by atoms with Crippen molar-refractivity contribution in [2.75, 3.05) is 12.8 Å². The number of halogens is 1. The van der Waals surface area contributed by atoms with Gasteiger partial charge in [-0.3, -0.25) is 4.79 Å². The van der Waals surface area contributed by atoms with Crippen LogP contribution in [0.2, 0.25) is 5.02 Å². The summed E-state index contributed by atoms with van der Waals surface area (Å²) >= 11 is 5.78. The summed E-state index contributed by atoms with van der Waals surface area (Å²) in [6.07, 6.45) is -0.101. The minimum atomic E-state index is -0.923. The molecule has 0 atom stereocenters. The number of nitrogen functional groups attached to an aromatic ring is 1. The molecule has 0 amide bonds. The van der Waals surface area contributed by atoms with Gasteiger partial charge in [0.15, 0.2) is 0 Å². The van der Waals surface area contributed by atoms with Gasteiger partial charge in [-0.05, 0) is 17.7 Å². The molecule has 4 nitrogen and oxygen atoms in total. The van der Waals surface area contributed by atoms with Crippen molar-refractivity contribution < 1.29 is 14.6 Å². The molecular formula is C9H10ClNO3. The normalized spacial score (nSPS) is 9.86. The fourth-order valence-corrected chi connectivity index (χ4v) is 1.32. The number of benzene rings is 1. The van der Waals surface area contributed by atoms with E-state index >= 15 is 0 Å². The number of aliphatic carboxylic acids is 1. The van der Waals surface area contributed by atoms with Crippen LogP contribution in [-0.4, -0.2) is 18.2 Å². The number of carboxylic acids is 1. The third-order valence-corrected chi connectivity index (χ3v) is 2.04. The van der Waals surface area contributed by atoms with Crippen molar-refractivity contribution in [2.45, 2.75) is 6.42 Å². The average Bonchev–Trinajstić information content (AvgIpc) is 2.10. The molecule has 0 spiro atoms. The second-order valence-electron chi connectivity index (χ2n) is 2.76. The van der Waals surface area contributed by atoms with Crippen LogP contribution in [0.5, 0.6) is 5.75 Å². The Balaban J connectivity index is 3.09. The van der Waals surface area contributed by atoms with Gasteiger partial charge in [0.05, 0.1) is 24.2 Å². The van der Waals surface area contributed by atoms with Crippen LogP contribution in [0.25, 0.3) is 0 Å². The van der Waals surface area contributed by atoms with E-state index in [0.717, 1.165) is 0 Å². The highest BCUT2D eigenvalue weighted by Gasteiger charge is 2.09. The zero-order valence-corrected chi connectivity index (χ0v) is 8.34. The second-order valence-corrected chi connectivity index (χ2v) is 3.17. The van der Waals surface area contributed by atoms with Crippen molar-refractivity contribution in [2.24, 2.45) is 0 Å². The molecule has 0 unspecified atom stereocenters. The van der Waals surface area contributed by atoms with E-state index < -0.39 is 5.97 Å². The number of carboxylic acid groups (broad SMARTS) is 1. The molecule has 0 heterocycles. The van der Waals surface area contributed by atoms with Gasteiger partial charge < -0.3 is 15.6 Å². The highest BCUT2D eigenvalue weighted by Crippen LogP contribution is 2.30. The number of hydrogen-bond donors (Lipinski definition) is 2. The van der Waals surface area contributed by atoms with Gasteiger partial charge in [-0.2, -0.15) is 0 Å². The molecule has 0 aromatic heterocycles. The number of hydrogen-bond acceptors (Lipinski definition) is 3. The Morgan fingerprint density at radius 3 is 2.79 bits per heavy atom. The monoisotopic (exact) mass is 215 g/mol. The first kappa shape index (κ1) is 10.7. The Morgan fingerprint density at radius 1 is 1.64 bits per heavy atom. The molecule has 0 radical (unpaired) electrons. The summed E-state index contributed by atoms with van der Waals surface area (Å²) in [6.45, 7) is 0. The van der Waals surface area contributed by atoms with Gasteiger partial charge in [-0.15, -0.1) is 0 Å². The zero-order chi connectivity index (χ0) is 10.7. The Bertz CT molecular complexity index is 365. The van der Waals surface area contributed by atoms with Gasteiger partial charge >= 0.3 is 5.97 Å². The van der Waals surface area contributed by atoms with Crippen molar-refractivity contribution in [3.05, 3.63) is 22.7 Å². The van der Waals surface area contributed by atoms with E-state index in [2.05, 4.69) is 0 Å². The molecule has 14 heavy (non-hydrogen) atoms. The van der Waals surface area contributed by atoms with E-state index in [9.17, 15) is 4.79 Å². The molecule has 1 rings (SSSR count). The van der Waals surface area contributed by atoms with Gasteiger partial charge in [0.25, 0.3) is 0 Å². The standard InChI is InChI=1S/C9H10ClNO3/c1-14-7-3-5(4-8(12)13)2-6(10)9(7)11/h2-3H,4,11H2,1H3,(H,12,13). The largest absolute Gasteiger partial charge is 0.495 e. The van der Waals surface area contributed by atoms with Crippen LogP contribution < -0.4 is 10.5 Å². The second kappa shape index (κ2) is 4.19. The predicted octanol–water partition coefficient (Wildman–Crippen LogP) is 1.56. The highest BCUT2D eigenvalue weighted by molar-refractivity contribution is 6.33. The molecule has 1 aromatic rings. The maximum absolute atomic E-state index is 10.4. The number of methoxy groups -OCH3 is 1. The quantitative estimate of drug-likeness (QED) is 0.751. The van der Waals surface area contributed by atoms with Gasteiger partial charge in [0, 0.05) is 0 Å². The summed E-state index contributed by atoms with van der Waals surface area (Å²) < 4.78 is 4.95. The minimum Gasteiger partial charge on any atom is -0.495 e. The molecule has 0 aliphatic carbocycles. The smallest absolute Gasteiger partial charge is 0.307 e. The highest BCUT2D eigenvalue weighted by atomic mass is 35.5. The van der Waals surface area contributed by atoms with Crippen LogP contribution >= 0.6 is 11.6 Å². The van der Waals surface area contributed by atoms with Crippen molar-refractivity contribution in [1.29, 1.82) is 0 Å². The summed E-state index contributed by atoms with van der Waals surface area (Å²) in [5.74, 6) is -0.526. The first-order valence-corrected chi connectivity index (χ1v) is 4.26. The van der Waals surface area contributed by atoms with E-state index in [4.69, 9.17) is 27.2 Å². The van der Waals surface area contributed by atoms with E-state index in [0.29, 0.717) is 22.0 Å². The minimum absolute atomic E-state index is 0.101. The summed E-state index contributed by atoms with van der Waals surface area (Å²) in [5.41, 5.74) is 6.47. The number of anilines is 1. The molecule has 0 bridgehead atoms. The van der Waals surface area contributed by atoms with E-state index in [1.54, 1.807) is 6.07 Å². The molecule has 76 valence electrons. The molecular weight excluding hydrogens is 206 g/mol. The molecule has 0 saturated carbocycles. The summed E-state index contributed by atoms with van der Waals surface area (Å²) in [7, 11) is 1.45. The molecule has 0 saturated heterocycles. The van der Waals surface area contributed by atoms with Crippen LogP contribution in [0.4, 0.5) is 5.69 Å². The Hall–Kier alpha value is -1.42. The number of ether oxygens (including phenoxy) is 1. The summed E-state index contributed by atoms with van der Waals surface area (Å²) in [4.78, 5) is 10.4. The number of rotatable bonds is 3. The lowest BCUT2D eigenvalue weighted by atomic mass is 10.1. The lowest BCUT2D eigenvalue weighted by molar-refractivity contribution is -0.136. The van der Waals surface area contributed by atoms with Crippen molar-refractivity contribution in [3.63, 3.8) is 0 Å². The topological polar surface area (TPSA) is 72.5 Å². The summed E-state index contributed by atoms with van der Waals surface area (Å²) in [6, 6.07) is 3.09. The van der Waals surface area contributed by atoms with Crippen LogP contribution in [-0.2, 0) is 11.2 Å². The van der Waals surface area contributed by atoms with E-state index in [1.807, 2.05) is 0 Å². The van der Waals surface area contributed by atoms with Crippen LogP contribution in [0.1, 0.15) is 5.56 Å². The lowest BCUT2D eigenvalue weighted by Gasteiger charge is -2.08. The Kier molecular flexibility index (Phi) is 3.19. The molecule has 3 N–H and O–H groups in total. The maximum Gasteiger partial charge on any atom is 0.307 e. The molecule has 0 aliphatic rings. The van der Waals surface area contributed by atoms with Crippen LogP contribution in [0.3, 0.4) is 0 Å². The van der Waals surface area contributed by atoms with Gasteiger partial charge in [0.2, 0.25) is 0 Å². The van der Waals surface area contributed by atoms with Gasteiger partial charge in [0.1, 0.15) is 5.75 Å². The third kappa shape index (κ3) is 2.29. The molecule has 0 aliphatic heterocycles. The van der Waals surface area contributed by atoms with Crippen molar-refractivity contribution >= 4 is 23.3 Å². The fraction of sp³-hybridized carbons (Fsp3) is 0.222. The van der Waals surface area contributed by atoms with Gasteiger partial charge in [-0.1, -0.05) is 11.6 Å². The fourth-order valence-electron chi connectivity index (χ4n) is 1.09. The average molecular weight is 216 g/mol. The SMILES string of the molecule is COc1cc(CC(=O)O)cc(Cl)c1N. The molecule has 5 heteroatoms.